The Morgan fingerprint density at radius 2 is 1.85 bits per heavy atom. The molecule has 0 aliphatic heterocycles. The number of hydrogen-bond donors (Lipinski definition) is 2. The van der Waals surface area contributed by atoms with Crippen LogP contribution >= 0.6 is 23.2 Å². The molecule has 0 bridgehead atoms. The van der Waals surface area contributed by atoms with Crippen molar-refractivity contribution in [3.63, 3.8) is 0 Å². The summed E-state index contributed by atoms with van der Waals surface area (Å²) < 4.78 is 5.65. The van der Waals surface area contributed by atoms with Gasteiger partial charge in [-0.3, -0.25) is 4.79 Å². The number of amides is 1. The van der Waals surface area contributed by atoms with Crippen molar-refractivity contribution in [2.75, 3.05) is 5.73 Å². The zero-order valence-corrected chi connectivity index (χ0v) is 12.1. The molecular formula is C14H12Cl2N2O2. The van der Waals surface area contributed by atoms with Gasteiger partial charge in [0, 0.05) is 10.7 Å². The predicted octanol–water partition coefficient (Wildman–Crippen LogP) is 3.78. The van der Waals surface area contributed by atoms with E-state index in [0.717, 1.165) is 5.56 Å². The number of carbonyl (C=O) groups excluding carboxylic acids is 1. The number of primary amides is 1. The summed E-state index contributed by atoms with van der Waals surface area (Å²) in [5, 5.41) is 0.835. The molecule has 0 unspecified atom stereocenters. The van der Waals surface area contributed by atoms with Gasteiger partial charge in [-0.25, -0.2) is 0 Å². The number of nitrogens with two attached hydrogens (primary N) is 2. The normalized spacial score (nSPS) is 10.3. The zero-order valence-electron chi connectivity index (χ0n) is 10.6. The van der Waals surface area contributed by atoms with E-state index in [2.05, 4.69) is 0 Å². The summed E-state index contributed by atoms with van der Waals surface area (Å²) in [5.74, 6) is 0.0102. The highest BCUT2D eigenvalue weighted by Crippen LogP contribution is 2.35. The van der Waals surface area contributed by atoms with E-state index < -0.39 is 5.91 Å². The molecule has 104 valence electrons. The third-order valence-electron chi connectivity index (χ3n) is 2.68. The molecule has 0 aromatic heterocycles. The van der Waals surface area contributed by atoms with Gasteiger partial charge >= 0.3 is 0 Å². The average molecular weight is 311 g/mol. The van der Waals surface area contributed by atoms with Crippen molar-refractivity contribution in [3.05, 3.63) is 51.5 Å². The molecule has 2 aromatic rings. The molecule has 4 nitrogen and oxygen atoms in total. The quantitative estimate of drug-likeness (QED) is 0.847. The second kappa shape index (κ2) is 5.61. The summed E-state index contributed by atoms with van der Waals surface area (Å²) in [7, 11) is 0. The molecule has 0 saturated carbocycles. The molecule has 0 atom stereocenters. The fourth-order valence-corrected chi connectivity index (χ4v) is 2.08. The van der Waals surface area contributed by atoms with E-state index in [1.165, 1.54) is 12.1 Å². The Morgan fingerprint density at radius 1 is 1.15 bits per heavy atom. The molecule has 0 aliphatic carbocycles. The first-order valence-electron chi connectivity index (χ1n) is 5.71. The number of halogens is 2. The minimum atomic E-state index is -0.667. The van der Waals surface area contributed by atoms with Gasteiger partial charge in [-0.2, -0.15) is 0 Å². The molecule has 0 fully saturated rings. The van der Waals surface area contributed by atoms with Gasteiger partial charge < -0.3 is 16.2 Å². The molecule has 0 saturated heterocycles. The van der Waals surface area contributed by atoms with Gasteiger partial charge in [-0.15, -0.1) is 0 Å². The number of rotatable bonds is 3. The van der Waals surface area contributed by atoms with Crippen LogP contribution in [0.2, 0.25) is 10.0 Å². The van der Waals surface area contributed by atoms with Crippen LogP contribution in [0.5, 0.6) is 11.5 Å². The minimum Gasteiger partial charge on any atom is -0.455 e. The van der Waals surface area contributed by atoms with Crippen molar-refractivity contribution in [1.82, 2.24) is 0 Å². The molecule has 1 amide bonds. The van der Waals surface area contributed by atoms with Gasteiger partial charge in [0.1, 0.15) is 5.75 Å². The van der Waals surface area contributed by atoms with Crippen LogP contribution in [0.25, 0.3) is 0 Å². The SMILES string of the molecule is Cc1cc(Oc2c(Cl)cc(N)cc2C(N)=O)ccc1Cl. The summed E-state index contributed by atoms with van der Waals surface area (Å²) >= 11 is 12.0. The van der Waals surface area contributed by atoms with Gasteiger partial charge in [-0.05, 0) is 42.8 Å². The lowest BCUT2D eigenvalue weighted by atomic mass is 10.1. The number of carbonyl (C=O) groups is 1. The van der Waals surface area contributed by atoms with Crippen LogP contribution in [0.3, 0.4) is 0 Å². The fraction of sp³-hybridized carbons (Fsp3) is 0.0714. The topological polar surface area (TPSA) is 78.3 Å². The number of benzene rings is 2. The van der Waals surface area contributed by atoms with Crippen molar-refractivity contribution in [1.29, 1.82) is 0 Å². The largest absolute Gasteiger partial charge is 0.455 e. The van der Waals surface area contributed by atoms with Crippen LogP contribution in [0.15, 0.2) is 30.3 Å². The van der Waals surface area contributed by atoms with E-state index in [1.807, 2.05) is 6.92 Å². The van der Waals surface area contributed by atoms with Crippen LogP contribution in [0.1, 0.15) is 15.9 Å². The molecule has 0 spiro atoms. The molecule has 6 heteroatoms. The lowest BCUT2D eigenvalue weighted by molar-refractivity contribution is 0.0998. The van der Waals surface area contributed by atoms with Gasteiger partial charge in [0.2, 0.25) is 0 Å². The standard InChI is InChI=1S/C14H12Cl2N2O2/c1-7-4-9(2-3-11(7)15)20-13-10(14(18)19)5-8(17)6-12(13)16/h2-6H,17H2,1H3,(H2,18,19). The van der Waals surface area contributed by atoms with E-state index in [0.29, 0.717) is 16.5 Å². The fourth-order valence-electron chi connectivity index (χ4n) is 1.70. The van der Waals surface area contributed by atoms with E-state index in [4.69, 9.17) is 39.4 Å². The van der Waals surface area contributed by atoms with Crippen LogP contribution < -0.4 is 16.2 Å². The molecule has 4 N–H and O–H groups in total. The van der Waals surface area contributed by atoms with Crippen molar-refractivity contribution in [3.8, 4) is 11.5 Å². The first-order valence-corrected chi connectivity index (χ1v) is 6.47. The Kier molecular flexibility index (Phi) is 4.06. The Balaban J connectivity index is 2.47. The third kappa shape index (κ3) is 2.98. The number of ether oxygens (including phenoxy) is 1. The van der Waals surface area contributed by atoms with E-state index >= 15 is 0 Å². The minimum absolute atomic E-state index is 0.127. The van der Waals surface area contributed by atoms with E-state index in [1.54, 1.807) is 18.2 Å². The number of hydrogen-bond acceptors (Lipinski definition) is 3. The summed E-state index contributed by atoms with van der Waals surface area (Å²) in [5.41, 5.74) is 12.3. The monoisotopic (exact) mass is 310 g/mol. The molecule has 20 heavy (non-hydrogen) atoms. The summed E-state index contributed by atoms with van der Waals surface area (Å²) in [6, 6.07) is 8.02. The summed E-state index contributed by atoms with van der Waals surface area (Å²) in [4.78, 5) is 11.4. The third-order valence-corrected chi connectivity index (χ3v) is 3.39. The maximum atomic E-state index is 11.4. The Bertz CT molecular complexity index is 687. The Morgan fingerprint density at radius 3 is 2.45 bits per heavy atom. The molecular weight excluding hydrogens is 299 g/mol. The Hall–Kier alpha value is -1.91. The second-order valence-corrected chi connectivity index (χ2v) is 5.07. The molecule has 2 aromatic carbocycles. The zero-order chi connectivity index (χ0) is 14.9. The first kappa shape index (κ1) is 14.5. The highest BCUT2D eigenvalue weighted by atomic mass is 35.5. The highest BCUT2D eigenvalue weighted by Gasteiger charge is 2.16. The van der Waals surface area contributed by atoms with Crippen molar-refractivity contribution < 1.29 is 9.53 Å². The van der Waals surface area contributed by atoms with E-state index in [9.17, 15) is 4.79 Å². The maximum absolute atomic E-state index is 11.4. The molecule has 0 heterocycles. The van der Waals surface area contributed by atoms with Crippen LogP contribution in [0.4, 0.5) is 5.69 Å². The molecule has 0 radical (unpaired) electrons. The van der Waals surface area contributed by atoms with Gasteiger partial charge in [-0.1, -0.05) is 23.2 Å². The van der Waals surface area contributed by atoms with E-state index in [-0.39, 0.29) is 16.3 Å². The van der Waals surface area contributed by atoms with Gasteiger partial charge in [0.25, 0.3) is 5.91 Å². The van der Waals surface area contributed by atoms with Gasteiger partial charge in [0.05, 0.1) is 10.6 Å². The number of nitrogen functional groups attached to an aromatic ring is 1. The van der Waals surface area contributed by atoms with Crippen molar-refractivity contribution >= 4 is 34.8 Å². The number of aryl methyl sites for hydroxylation is 1. The smallest absolute Gasteiger partial charge is 0.252 e. The van der Waals surface area contributed by atoms with Crippen LogP contribution in [0, 0.1) is 6.92 Å². The Labute approximate surface area is 126 Å². The molecule has 0 aliphatic rings. The van der Waals surface area contributed by atoms with Crippen molar-refractivity contribution in [2.45, 2.75) is 6.92 Å². The van der Waals surface area contributed by atoms with Gasteiger partial charge in [0.15, 0.2) is 5.75 Å². The highest BCUT2D eigenvalue weighted by molar-refractivity contribution is 6.33. The second-order valence-electron chi connectivity index (χ2n) is 4.26. The first-order chi connectivity index (χ1) is 9.38. The summed E-state index contributed by atoms with van der Waals surface area (Å²) in [6.07, 6.45) is 0. The van der Waals surface area contributed by atoms with Crippen LogP contribution in [-0.4, -0.2) is 5.91 Å². The lowest BCUT2D eigenvalue weighted by Crippen LogP contribution is -2.13. The maximum Gasteiger partial charge on any atom is 0.252 e. The summed E-state index contributed by atoms with van der Waals surface area (Å²) in [6.45, 7) is 1.84. The molecule has 2 rings (SSSR count). The van der Waals surface area contributed by atoms with Crippen LogP contribution in [-0.2, 0) is 0 Å². The average Bonchev–Trinajstić information content (AvgIpc) is 2.36. The lowest BCUT2D eigenvalue weighted by Gasteiger charge is -2.12. The van der Waals surface area contributed by atoms with Crippen molar-refractivity contribution in [2.24, 2.45) is 5.73 Å². The number of anilines is 1. The predicted molar refractivity (Wildman–Crippen MR) is 80.6 cm³/mol.